The fourth-order valence-electron chi connectivity index (χ4n) is 2.68. The van der Waals surface area contributed by atoms with Crippen LogP contribution in [0.3, 0.4) is 0 Å². The highest BCUT2D eigenvalue weighted by molar-refractivity contribution is 7.20. The molecule has 2 heterocycles. The summed E-state index contributed by atoms with van der Waals surface area (Å²) in [6, 6.07) is 12.4. The van der Waals surface area contributed by atoms with Crippen LogP contribution in [-0.2, 0) is 6.42 Å². The summed E-state index contributed by atoms with van der Waals surface area (Å²) < 4.78 is 1.38. The van der Waals surface area contributed by atoms with Gasteiger partial charge in [-0.2, -0.15) is 4.52 Å². The number of nitrogens with zero attached hydrogens (tertiary/aromatic N) is 3. The Morgan fingerprint density at radius 1 is 1.36 bits per heavy atom. The SMILES string of the molecule is CCc1cc(=O)n2nc(NC3CC3c3ccccc3)sc2n1. The van der Waals surface area contributed by atoms with Crippen molar-refractivity contribution in [2.45, 2.75) is 31.7 Å². The Kier molecular flexibility index (Phi) is 3.18. The van der Waals surface area contributed by atoms with Crippen LogP contribution in [-0.4, -0.2) is 20.6 Å². The van der Waals surface area contributed by atoms with Crippen molar-refractivity contribution in [3.8, 4) is 0 Å². The zero-order valence-corrected chi connectivity index (χ0v) is 13.0. The summed E-state index contributed by atoms with van der Waals surface area (Å²) in [5, 5.41) is 8.54. The lowest BCUT2D eigenvalue weighted by Gasteiger charge is -2.01. The fraction of sp³-hybridized carbons (Fsp3) is 0.312. The molecule has 0 spiro atoms. The van der Waals surface area contributed by atoms with Gasteiger partial charge in [0.2, 0.25) is 10.1 Å². The molecule has 22 heavy (non-hydrogen) atoms. The van der Waals surface area contributed by atoms with E-state index >= 15 is 0 Å². The fourth-order valence-corrected chi connectivity index (χ4v) is 3.56. The predicted molar refractivity (Wildman–Crippen MR) is 87.7 cm³/mol. The standard InChI is InChI=1S/C16H16N4OS/c1-2-11-8-14(21)20-16(17-11)22-15(19-20)18-13-9-12(13)10-6-4-3-5-7-10/h3-8,12-13H,2,9H2,1H3,(H,18,19). The minimum absolute atomic E-state index is 0.110. The molecule has 0 aliphatic heterocycles. The van der Waals surface area contributed by atoms with E-state index in [1.54, 1.807) is 6.07 Å². The molecular formula is C16H16N4OS. The molecule has 2 unspecified atom stereocenters. The lowest BCUT2D eigenvalue weighted by Crippen LogP contribution is -2.15. The minimum Gasteiger partial charge on any atom is -0.357 e. The minimum atomic E-state index is -0.110. The van der Waals surface area contributed by atoms with E-state index in [1.165, 1.54) is 21.4 Å². The maximum absolute atomic E-state index is 12.0. The molecule has 0 radical (unpaired) electrons. The van der Waals surface area contributed by atoms with Crippen molar-refractivity contribution in [1.29, 1.82) is 0 Å². The van der Waals surface area contributed by atoms with Crippen molar-refractivity contribution in [2.75, 3.05) is 5.32 Å². The molecule has 1 saturated carbocycles. The summed E-state index contributed by atoms with van der Waals surface area (Å²) in [6.07, 6.45) is 1.85. The van der Waals surface area contributed by atoms with E-state index in [0.29, 0.717) is 16.9 Å². The van der Waals surface area contributed by atoms with Crippen LogP contribution in [0.1, 0.15) is 30.5 Å². The molecule has 1 aliphatic carbocycles. The van der Waals surface area contributed by atoms with E-state index in [9.17, 15) is 4.79 Å². The molecule has 1 fully saturated rings. The summed E-state index contributed by atoms with van der Waals surface area (Å²) in [5.41, 5.74) is 2.06. The maximum atomic E-state index is 12.0. The third-order valence-electron chi connectivity index (χ3n) is 3.99. The molecule has 112 valence electrons. The molecule has 4 rings (SSSR count). The Bertz CT molecular complexity index is 871. The molecule has 1 aromatic carbocycles. The number of aromatic nitrogens is 3. The number of anilines is 1. The van der Waals surface area contributed by atoms with Gasteiger partial charge in [0.25, 0.3) is 5.56 Å². The highest BCUT2D eigenvalue weighted by atomic mass is 32.1. The number of aryl methyl sites for hydroxylation is 1. The van der Waals surface area contributed by atoms with E-state index in [2.05, 4.69) is 39.7 Å². The molecule has 2 aromatic heterocycles. The highest BCUT2D eigenvalue weighted by Crippen LogP contribution is 2.43. The number of benzene rings is 1. The van der Waals surface area contributed by atoms with Crippen molar-refractivity contribution in [3.05, 3.63) is 58.0 Å². The van der Waals surface area contributed by atoms with Crippen LogP contribution in [0.15, 0.2) is 41.2 Å². The largest absolute Gasteiger partial charge is 0.357 e. The van der Waals surface area contributed by atoms with Gasteiger partial charge in [-0.1, -0.05) is 48.6 Å². The lowest BCUT2D eigenvalue weighted by atomic mass is 10.1. The first-order chi connectivity index (χ1) is 10.7. The Balaban J connectivity index is 1.56. The summed E-state index contributed by atoms with van der Waals surface area (Å²) in [4.78, 5) is 17.1. The van der Waals surface area contributed by atoms with Gasteiger partial charge in [0.05, 0.1) is 0 Å². The topological polar surface area (TPSA) is 59.3 Å². The number of hydrogen-bond acceptors (Lipinski definition) is 5. The Hall–Kier alpha value is -2.21. The van der Waals surface area contributed by atoms with Gasteiger partial charge in [0, 0.05) is 23.7 Å². The van der Waals surface area contributed by atoms with Gasteiger partial charge in [-0.25, -0.2) is 4.98 Å². The molecule has 5 nitrogen and oxygen atoms in total. The van der Waals surface area contributed by atoms with Crippen molar-refractivity contribution < 1.29 is 0 Å². The van der Waals surface area contributed by atoms with Crippen molar-refractivity contribution in [1.82, 2.24) is 14.6 Å². The van der Waals surface area contributed by atoms with E-state index < -0.39 is 0 Å². The molecule has 0 bridgehead atoms. The van der Waals surface area contributed by atoms with Gasteiger partial charge in [-0.15, -0.1) is 5.10 Å². The number of hydrogen-bond donors (Lipinski definition) is 1. The van der Waals surface area contributed by atoms with Crippen LogP contribution in [0.2, 0.25) is 0 Å². The lowest BCUT2D eigenvalue weighted by molar-refractivity contribution is 0.872. The molecule has 1 N–H and O–H groups in total. The zero-order chi connectivity index (χ0) is 15.1. The second-order valence-electron chi connectivity index (χ2n) is 5.54. The van der Waals surface area contributed by atoms with Gasteiger partial charge < -0.3 is 5.32 Å². The third kappa shape index (κ3) is 2.39. The first-order valence-electron chi connectivity index (χ1n) is 7.46. The average molecular weight is 312 g/mol. The molecule has 3 aromatic rings. The van der Waals surface area contributed by atoms with Crippen molar-refractivity contribution in [2.24, 2.45) is 0 Å². The highest BCUT2D eigenvalue weighted by Gasteiger charge is 2.38. The molecule has 2 atom stereocenters. The van der Waals surface area contributed by atoms with Crippen LogP contribution in [0.4, 0.5) is 5.13 Å². The number of fused-ring (bicyclic) bond motifs is 1. The summed E-state index contributed by atoms with van der Waals surface area (Å²) >= 11 is 1.44. The molecule has 1 aliphatic rings. The monoisotopic (exact) mass is 312 g/mol. The number of rotatable bonds is 4. The van der Waals surface area contributed by atoms with E-state index in [-0.39, 0.29) is 5.56 Å². The maximum Gasteiger partial charge on any atom is 0.275 e. The second kappa shape index (κ2) is 5.21. The van der Waals surface area contributed by atoms with Crippen LogP contribution < -0.4 is 10.9 Å². The molecular weight excluding hydrogens is 296 g/mol. The third-order valence-corrected chi connectivity index (χ3v) is 4.83. The Morgan fingerprint density at radius 3 is 2.95 bits per heavy atom. The van der Waals surface area contributed by atoms with Gasteiger partial charge >= 0.3 is 0 Å². The second-order valence-corrected chi connectivity index (χ2v) is 6.50. The molecule has 6 heteroatoms. The first-order valence-corrected chi connectivity index (χ1v) is 8.27. The summed E-state index contributed by atoms with van der Waals surface area (Å²) in [6.45, 7) is 1.99. The van der Waals surface area contributed by atoms with Crippen molar-refractivity contribution >= 4 is 21.4 Å². The number of nitrogens with one attached hydrogen (secondary N) is 1. The normalized spacial score (nSPS) is 20.2. The van der Waals surface area contributed by atoms with Crippen LogP contribution in [0.5, 0.6) is 0 Å². The van der Waals surface area contributed by atoms with Gasteiger partial charge in [0.1, 0.15) is 0 Å². The van der Waals surface area contributed by atoms with Crippen LogP contribution >= 0.6 is 11.3 Å². The van der Waals surface area contributed by atoms with Gasteiger partial charge in [0.15, 0.2) is 0 Å². The average Bonchev–Trinajstić information content (AvgIpc) is 3.17. The zero-order valence-electron chi connectivity index (χ0n) is 12.2. The Morgan fingerprint density at radius 2 is 2.18 bits per heavy atom. The van der Waals surface area contributed by atoms with E-state index in [1.807, 2.05) is 13.0 Å². The predicted octanol–water partition coefficient (Wildman–Crippen LogP) is 2.68. The first kappa shape index (κ1) is 13.5. The van der Waals surface area contributed by atoms with E-state index in [0.717, 1.165) is 23.7 Å². The smallest absolute Gasteiger partial charge is 0.275 e. The van der Waals surface area contributed by atoms with Gasteiger partial charge in [-0.05, 0) is 18.4 Å². The molecule has 0 amide bonds. The van der Waals surface area contributed by atoms with Crippen LogP contribution in [0, 0.1) is 0 Å². The molecule has 0 saturated heterocycles. The van der Waals surface area contributed by atoms with Gasteiger partial charge in [-0.3, -0.25) is 4.79 Å². The summed E-state index contributed by atoms with van der Waals surface area (Å²) in [5.74, 6) is 0.532. The van der Waals surface area contributed by atoms with Crippen molar-refractivity contribution in [3.63, 3.8) is 0 Å². The quantitative estimate of drug-likeness (QED) is 0.804. The Labute approximate surface area is 131 Å². The summed E-state index contributed by atoms with van der Waals surface area (Å²) in [7, 11) is 0. The van der Waals surface area contributed by atoms with Crippen LogP contribution in [0.25, 0.3) is 4.96 Å². The van der Waals surface area contributed by atoms with E-state index in [4.69, 9.17) is 0 Å².